The summed E-state index contributed by atoms with van der Waals surface area (Å²) in [5.41, 5.74) is 0. The van der Waals surface area contributed by atoms with E-state index in [-0.39, 0.29) is 0 Å². The third kappa shape index (κ3) is 2.18. The molecule has 1 aromatic carbocycles. The molecule has 0 amide bonds. The Morgan fingerprint density at radius 1 is 0.778 bits per heavy atom. The maximum atomic E-state index is 14.3. The van der Waals surface area contributed by atoms with Crippen LogP contribution in [0.3, 0.4) is 0 Å². The van der Waals surface area contributed by atoms with Crippen LogP contribution in [0.25, 0.3) is 0 Å². The standard InChI is InChI=1S/C10H9F6PS/c1-10(2,3)17(16,18)9-7(14)5(12)4(11)6(13)8(9)15/h1-3H3. The molecule has 0 spiro atoms. The van der Waals surface area contributed by atoms with Crippen LogP contribution in [-0.2, 0) is 11.8 Å². The van der Waals surface area contributed by atoms with Gasteiger partial charge >= 0.3 is 0 Å². The fraction of sp³-hybridized carbons (Fsp3) is 0.400. The zero-order chi connectivity index (χ0) is 14.5. The van der Waals surface area contributed by atoms with Gasteiger partial charge in [0.25, 0.3) is 0 Å². The van der Waals surface area contributed by atoms with Gasteiger partial charge in [-0.25, -0.2) is 26.1 Å². The molecule has 0 aliphatic heterocycles. The van der Waals surface area contributed by atoms with Crippen LogP contribution in [0, 0.1) is 29.1 Å². The fourth-order valence-electron chi connectivity index (χ4n) is 1.18. The average Bonchev–Trinajstić information content (AvgIpc) is 2.22. The number of halogens is 6. The van der Waals surface area contributed by atoms with E-state index in [1.807, 2.05) is 0 Å². The van der Waals surface area contributed by atoms with Crippen molar-refractivity contribution in [3.63, 3.8) is 0 Å². The monoisotopic (exact) mass is 306 g/mol. The molecular weight excluding hydrogens is 297 g/mol. The molecule has 0 aliphatic rings. The third-order valence-corrected chi connectivity index (χ3v) is 7.22. The van der Waals surface area contributed by atoms with Gasteiger partial charge in [-0.1, -0.05) is 32.6 Å². The van der Waals surface area contributed by atoms with Crippen LogP contribution in [0.2, 0.25) is 0 Å². The first-order chi connectivity index (χ1) is 7.93. The minimum Gasteiger partial charge on any atom is -0.212 e. The van der Waals surface area contributed by atoms with E-state index in [0.29, 0.717) is 0 Å². The Bertz CT molecular complexity index is 519. The fourth-order valence-corrected chi connectivity index (χ4v) is 3.03. The molecule has 0 nitrogen and oxygen atoms in total. The molecular formula is C10H9F6PS. The Labute approximate surface area is 105 Å². The molecule has 1 atom stereocenters. The van der Waals surface area contributed by atoms with Crippen molar-refractivity contribution in [2.45, 2.75) is 25.9 Å². The molecule has 102 valence electrons. The highest BCUT2D eigenvalue weighted by Gasteiger charge is 2.42. The lowest BCUT2D eigenvalue weighted by molar-refractivity contribution is 0.383. The second kappa shape index (κ2) is 4.53. The van der Waals surface area contributed by atoms with Crippen LogP contribution in [-0.4, -0.2) is 5.16 Å². The average molecular weight is 306 g/mol. The maximum Gasteiger partial charge on any atom is 0.200 e. The second-order valence-electron chi connectivity index (χ2n) is 4.62. The summed E-state index contributed by atoms with van der Waals surface area (Å²) in [5.74, 6) is -11.1. The van der Waals surface area contributed by atoms with Gasteiger partial charge in [-0.05, 0) is 0 Å². The first kappa shape index (κ1) is 15.5. The van der Waals surface area contributed by atoms with Crippen LogP contribution < -0.4 is 5.30 Å². The van der Waals surface area contributed by atoms with Crippen molar-refractivity contribution in [3.05, 3.63) is 29.1 Å². The summed E-state index contributed by atoms with van der Waals surface area (Å²) >= 11 is 4.49. The molecule has 1 rings (SSSR count). The highest BCUT2D eigenvalue weighted by atomic mass is 32.5. The Morgan fingerprint density at radius 2 is 1.06 bits per heavy atom. The van der Waals surface area contributed by atoms with Crippen molar-refractivity contribution in [1.29, 1.82) is 0 Å². The van der Waals surface area contributed by atoms with E-state index in [1.165, 1.54) is 20.8 Å². The predicted octanol–water partition coefficient (Wildman–Crippen LogP) is 4.17. The highest BCUT2D eigenvalue weighted by Crippen LogP contribution is 2.59. The smallest absolute Gasteiger partial charge is 0.200 e. The molecule has 0 aliphatic carbocycles. The molecule has 0 fully saturated rings. The molecule has 1 aromatic rings. The van der Waals surface area contributed by atoms with Gasteiger partial charge in [0.1, 0.15) is 0 Å². The minimum absolute atomic E-state index is 1.24. The number of hydrogen-bond acceptors (Lipinski definition) is 1. The summed E-state index contributed by atoms with van der Waals surface area (Å²) < 4.78 is 79.9. The van der Waals surface area contributed by atoms with Gasteiger partial charge < -0.3 is 0 Å². The summed E-state index contributed by atoms with van der Waals surface area (Å²) in [6, 6.07) is 0. The van der Waals surface area contributed by atoms with Gasteiger partial charge in [0, 0.05) is 5.16 Å². The van der Waals surface area contributed by atoms with E-state index in [2.05, 4.69) is 11.8 Å². The van der Waals surface area contributed by atoms with Crippen LogP contribution in [0.1, 0.15) is 20.8 Å². The normalized spacial score (nSPS) is 15.6. The van der Waals surface area contributed by atoms with Crippen molar-refractivity contribution in [1.82, 2.24) is 0 Å². The van der Waals surface area contributed by atoms with Gasteiger partial charge in [0.2, 0.25) is 5.82 Å². The Hall–Kier alpha value is -0.550. The third-order valence-electron chi connectivity index (χ3n) is 2.34. The Kier molecular flexibility index (Phi) is 3.90. The second-order valence-corrected chi connectivity index (χ2v) is 8.98. The maximum absolute atomic E-state index is 14.3. The van der Waals surface area contributed by atoms with Crippen molar-refractivity contribution in [2.24, 2.45) is 0 Å². The number of benzene rings is 1. The molecule has 0 saturated carbocycles. The van der Waals surface area contributed by atoms with Crippen LogP contribution in [0.4, 0.5) is 26.1 Å². The van der Waals surface area contributed by atoms with Gasteiger partial charge in [-0.15, -0.1) is 0 Å². The van der Waals surface area contributed by atoms with E-state index in [1.54, 1.807) is 0 Å². The molecule has 0 N–H and O–H groups in total. The molecule has 0 heterocycles. The van der Waals surface area contributed by atoms with Crippen molar-refractivity contribution in [3.8, 4) is 0 Å². The van der Waals surface area contributed by atoms with Crippen LogP contribution in [0.15, 0.2) is 0 Å². The van der Waals surface area contributed by atoms with Gasteiger partial charge in [-0.2, -0.15) is 0 Å². The van der Waals surface area contributed by atoms with E-state index < -0.39 is 45.9 Å². The molecule has 8 heteroatoms. The van der Waals surface area contributed by atoms with Crippen molar-refractivity contribution < 1.29 is 26.1 Å². The zero-order valence-corrected chi connectivity index (χ0v) is 11.3. The van der Waals surface area contributed by atoms with E-state index in [9.17, 15) is 26.1 Å². The van der Waals surface area contributed by atoms with E-state index in [0.717, 1.165) is 0 Å². The SMILES string of the molecule is CC(C)(C)P(F)(=S)c1c(F)c(F)c(F)c(F)c1F. The quantitative estimate of drug-likeness (QED) is 0.325. The van der Waals surface area contributed by atoms with Gasteiger partial charge in [0.15, 0.2) is 29.6 Å². The van der Waals surface area contributed by atoms with Crippen molar-refractivity contribution in [2.75, 3.05) is 0 Å². The zero-order valence-electron chi connectivity index (χ0n) is 9.62. The Morgan fingerprint density at radius 3 is 1.33 bits per heavy atom. The lowest BCUT2D eigenvalue weighted by Crippen LogP contribution is -2.27. The van der Waals surface area contributed by atoms with Crippen LogP contribution >= 0.6 is 6.35 Å². The van der Waals surface area contributed by atoms with Gasteiger partial charge in [-0.3, -0.25) is 0 Å². The lowest BCUT2D eigenvalue weighted by Gasteiger charge is -2.28. The summed E-state index contributed by atoms with van der Waals surface area (Å²) in [7, 11) is 0. The summed E-state index contributed by atoms with van der Waals surface area (Å²) in [6.07, 6.45) is -4.44. The lowest BCUT2D eigenvalue weighted by atomic mass is 10.2. The van der Waals surface area contributed by atoms with Crippen LogP contribution in [0.5, 0.6) is 0 Å². The molecule has 0 aromatic heterocycles. The topological polar surface area (TPSA) is 0 Å². The van der Waals surface area contributed by atoms with E-state index in [4.69, 9.17) is 0 Å². The predicted molar refractivity (Wildman–Crippen MR) is 61.0 cm³/mol. The first-order valence-electron chi connectivity index (χ1n) is 4.74. The van der Waals surface area contributed by atoms with Crippen molar-refractivity contribution >= 4 is 23.5 Å². The van der Waals surface area contributed by atoms with Gasteiger partial charge in [0.05, 0.1) is 5.30 Å². The molecule has 0 bridgehead atoms. The summed E-state index contributed by atoms with van der Waals surface area (Å²) in [4.78, 5) is 0. The Balaban J connectivity index is 3.79. The highest BCUT2D eigenvalue weighted by molar-refractivity contribution is 8.16. The summed E-state index contributed by atoms with van der Waals surface area (Å²) in [6.45, 7) is 3.73. The van der Waals surface area contributed by atoms with E-state index >= 15 is 0 Å². The first-order valence-corrected chi connectivity index (χ1v) is 7.44. The largest absolute Gasteiger partial charge is 0.212 e. The molecule has 0 radical (unpaired) electrons. The molecule has 1 unspecified atom stereocenters. The molecule has 0 saturated heterocycles. The summed E-state index contributed by atoms with van der Waals surface area (Å²) in [5, 5.41) is -2.93. The minimum atomic E-state index is -4.44. The molecule has 18 heavy (non-hydrogen) atoms. The number of hydrogen-bond donors (Lipinski definition) is 0. The number of rotatable bonds is 1.